The smallest absolute Gasteiger partial charge is 0.166 e. The van der Waals surface area contributed by atoms with Gasteiger partial charge in [-0.05, 0) is 23.1 Å². The molecule has 0 saturated carbocycles. The minimum absolute atomic E-state index is 0.0671. The lowest BCUT2D eigenvalue weighted by molar-refractivity contribution is -0.137. The van der Waals surface area contributed by atoms with Crippen LogP contribution < -0.4 is 0 Å². The van der Waals surface area contributed by atoms with Crippen LogP contribution in [-0.4, -0.2) is 0 Å². The van der Waals surface area contributed by atoms with Gasteiger partial charge < -0.3 is 0 Å². The van der Waals surface area contributed by atoms with Crippen LogP contribution in [0, 0.1) is 0 Å². The number of hydrogen-bond acceptors (Lipinski definition) is 0. The Hall–Kier alpha value is -2.03. The highest BCUT2D eigenvalue weighted by molar-refractivity contribution is 5.55. The highest BCUT2D eigenvalue weighted by Gasteiger charge is 2.32. The fourth-order valence-corrected chi connectivity index (χ4v) is 2.02. The Kier molecular flexibility index (Phi) is 4.28. The van der Waals surface area contributed by atoms with Gasteiger partial charge in [0, 0.05) is 0 Å². The van der Waals surface area contributed by atoms with Gasteiger partial charge in [0.15, 0.2) is 0 Å². The van der Waals surface area contributed by atoms with Gasteiger partial charge in [0.25, 0.3) is 0 Å². The van der Waals surface area contributed by atoms with Crippen molar-refractivity contribution < 1.29 is 13.2 Å². The first-order valence-corrected chi connectivity index (χ1v) is 6.38. The molecule has 0 amide bonds. The van der Waals surface area contributed by atoms with Gasteiger partial charge >= 0.3 is 6.18 Å². The van der Waals surface area contributed by atoms with Crippen molar-refractivity contribution in [2.45, 2.75) is 19.0 Å². The van der Waals surface area contributed by atoms with Crippen molar-refractivity contribution in [1.82, 2.24) is 0 Å². The molecule has 0 N–H and O–H groups in total. The van der Waals surface area contributed by atoms with Gasteiger partial charge in [0.2, 0.25) is 0 Å². The van der Waals surface area contributed by atoms with E-state index < -0.39 is 11.7 Å². The van der Waals surface area contributed by atoms with Gasteiger partial charge in [0.1, 0.15) is 0 Å². The third-order valence-electron chi connectivity index (χ3n) is 3.16. The molecular weight excluding hydrogens is 261 g/mol. The van der Waals surface area contributed by atoms with E-state index in [2.05, 4.69) is 0 Å². The molecule has 0 radical (unpaired) electrons. The summed E-state index contributed by atoms with van der Waals surface area (Å²) in [5.74, 6) is 0.0671. The van der Waals surface area contributed by atoms with Crippen LogP contribution in [0.2, 0.25) is 0 Å². The molecule has 0 bridgehead atoms. The van der Waals surface area contributed by atoms with Crippen LogP contribution in [0.25, 0.3) is 6.08 Å². The van der Waals surface area contributed by atoms with Gasteiger partial charge in [-0.15, -0.1) is 0 Å². The summed E-state index contributed by atoms with van der Waals surface area (Å²) in [7, 11) is 0. The SMILES string of the molecule is CC(C=Cc1ccccc1C(F)(F)F)c1ccccc1. The Morgan fingerprint density at radius 2 is 1.50 bits per heavy atom. The van der Waals surface area contributed by atoms with Crippen molar-refractivity contribution in [2.24, 2.45) is 0 Å². The third kappa shape index (κ3) is 3.50. The summed E-state index contributed by atoms with van der Waals surface area (Å²) in [6.07, 6.45) is -0.989. The van der Waals surface area contributed by atoms with Crippen LogP contribution in [0.1, 0.15) is 29.5 Å². The maximum absolute atomic E-state index is 12.9. The number of alkyl halides is 3. The van der Waals surface area contributed by atoms with Gasteiger partial charge in [0.05, 0.1) is 5.56 Å². The van der Waals surface area contributed by atoms with Crippen LogP contribution in [0.3, 0.4) is 0 Å². The monoisotopic (exact) mass is 276 g/mol. The fraction of sp³-hybridized carbons (Fsp3) is 0.176. The van der Waals surface area contributed by atoms with Crippen molar-refractivity contribution in [3.8, 4) is 0 Å². The van der Waals surface area contributed by atoms with Crippen LogP contribution in [0.15, 0.2) is 60.7 Å². The fourth-order valence-electron chi connectivity index (χ4n) is 2.02. The molecule has 0 saturated heterocycles. The Labute approximate surface area is 116 Å². The molecule has 0 heterocycles. The van der Waals surface area contributed by atoms with E-state index in [1.807, 2.05) is 37.3 Å². The van der Waals surface area contributed by atoms with E-state index in [-0.39, 0.29) is 11.5 Å². The zero-order valence-electron chi connectivity index (χ0n) is 11.1. The summed E-state index contributed by atoms with van der Waals surface area (Å²) in [5, 5.41) is 0. The number of hydrogen-bond donors (Lipinski definition) is 0. The van der Waals surface area contributed by atoms with Crippen LogP contribution in [0.5, 0.6) is 0 Å². The van der Waals surface area contributed by atoms with E-state index in [4.69, 9.17) is 0 Å². The molecule has 20 heavy (non-hydrogen) atoms. The van der Waals surface area contributed by atoms with Crippen LogP contribution in [0.4, 0.5) is 13.2 Å². The Bertz CT molecular complexity index is 583. The van der Waals surface area contributed by atoms with Gasteiger partial charge in [-0.1, -0.05) is 67.6 Å². The van der Waals surface area contributed by atoms with E-state index in [0.29, 0.717) is 0 Å². The predicted molar refractivity (Wildman–Crippen MR) is 75.3 cm³/mol. The summed E-state index contributed by atoms with van der Waals surface area (Å²) in [5.41, 5.74) is 0.674. The Morgan fingerprint density at radius 1 is 0.900 bits per heavy atom. The third-order valence-corrected chi connectivity index (χ3v) is 3.16. The minimum atomic E-state index is -4.32. The lowest BCUT2D eigenvalue weighted by Gasteiger charge is -2.11. The Morgan fingerprint density at radius 3 is 2.15 bits per heavy atom. The van der Waals surface area contributed by atoms with E-state index in [9.17, 15) is 13.2 Å². The number of benzene rings is 2. The zero-order valence-corrected chi connectivity index (χ0v) is 11.1. The molecule has 0 spiro atoms. The van der Waals surface area contributed by atoms with Crippen molar-refractivity contribution in [3.63, 3.8) is 0 Å². The lowest BCUT2D eigenvalue weighted by Crippen LogP contribution is -2.06. The number of allylic oxidation sites excluding steroid dienone is 1. The molecular formula is C17H15F3. The lowest BCUT2D eigenvalue weighted by atomic mass is 9.98. The second kappa shape index (κ2) is 5.95. The molecule has 0 aromatic heterocycles. The first kappa shape index (κ1) is 14.4. The predicted octanol–water partition coefficient (Wildman–Crippen LogP) is 5.52. The summed E-state index contributed by atoms with van der Waals surface area (Å²) < 4.78 is 38.6. The largest absolute Gasteiger partial charge is 0.416 e. The molecule has 3 heteroatoms. The molecule has 2 aromatic rings. The first-order chi connectivity index (χ1) is 9.48. The molecule has 1 unspecified atom stereocenters. The maximum atomic E-state index is 12.9. The normalized spacial score (nSPS) is 13.6. The second-order valence-corrected chi connectivity index (χ2v) is 4.64. The van der Waals surface area contributed by atoms with Crippen LogP contribution >= 0.6 is 0 Å². The zero-order chi connectivity index (χ0) is 14.6. The van der Waals surface area contributed by atoms with Crippen molar-refractivity contribution in [1.29, 1.82) is 0 Å². The molecule has 2 aromatic carbocycles. The minimum Gasteiger partial charge on any atom is -0.166 e. The second-order valence-electron chi connectivity index (χ2n) is 4.64. The highest BCUT2D eigenvalue weighted by Crippen LogP contribution is 2.32. The van der Waals surface area contributed by atoms with Crippen molar-refractivity contribution in [3.05, 3.63) is 77.4 Å². The van der Waals surface area contributed by atoms with Crippen molar-refractivity contribution >= 4 is 6.08 Å². The average Bonchev–Trinajstić information content (AvgIpc) is 2.45. The van der Waals surface area contributed by atoms with Crippen LogP contribution in [-0.2, 0) is 6.18 Å². The van der Waals surface area contributed by atoms with E-state index in [0.717, 1.165) is 11.6 Å². The quantitative estimate of drug-likeness (QED) is 0.692. The van der Waals surface area contributed by atoms with Gasteiger partial charge in [-0.25, -0.2) is 0 Å². The van der Waals surface area contributed by atoms with E-state index >= 15 is 0 Å². The topological polar surface area (TPSA) is 0 Å². The maximum Gasteiger partial charge on any atom is 0.416 e. The average molecular weight is 276 g/mol. The number of halogens is 3. The Balaban J connectivity index is 2.24. The molecule has 0 aliphatic heterocycles. The van der Waals surface area contributed by atoms with E-state index in [1.165, 1.54) is 12.1 Å². The van der Waals surface area contributed by atoms with Gasteiger partial charge in [-0.2, -0.15) is 13.2 Å². The summed E-state index contributed by atoms with van der Waals surface area (Å²) in [6, 6.07) is 15.3. The molecule has 0 aliphatic rings. The molecule has 0 fully saturated rings. The molecule has 1 atom stereocenters. The standard InChI is InChI=1S/C17H15F3/c1-13(14-7-3-2-4-8-14)11-12-15-9-5-6-10-16(15)17(18,19)20/h2-13H,1H3. The molecule has 104 valence electrons. The van der Waals surface area contributed by atoms with Crippen molar-refractivity contribution in [2.75, 3.05) is 0 Å². The number of rotatable bonds is 3. The molecule has 0 aliphatic carbocycles. The summed E-state index contributed by atoms with van der Waals surface area (Å²) in [6.45, 7) is 1.96. The summed E-state index contributed by atoms with van der Waals surface area (Å²) >= 11 is 0. The molecule has 0 nitrogen and oxygen atoms in total. The first-order valence-electron chi connectivity index (χ1n) is 6.38. The van der Waals surface area contributed by atoms with E-state index in [1.54, 1.807) is 18.2 Å². The van der Waals surface area contributed by atoms with Gasteiger partial charge in [-0.3, -0.25) is 0 Å². The highest BCUT2D eigenvalue weighted by atomic mass is 19.4. The summed E-state index contributed by atoms with van der Waals surface area (Å²) in [4.78, 5) is 0. The molecule has 2 rings (SSSR count).